The van der Waals surface area contributed by atoms with Crippen molar-refractivity contribution in [3.05, 3.63) is 23.9 Å². The zero-order valence-electron chi connectivity index (χ0n) is 10.4. The van der Waals surface area contributed by atoms with Crippen molar-refractivity contribution in [3.63, 3.8) is 0 Å². The molecule has 2 atom stereocenters. The number of hydrogen-bond acceptors (Lipinski definition) is 5. The van der Waals surface area contributed by atoms with Crippen molar-refractivity contribution in [2.45, 2.75) is 25.1 Å². The largest absolute Gasteiger partial charge is 0.481 e. The van der Waals surface area contributed by atoms with Gasteiger partial charge in [0.1, 0.15) is 12.3 Å². The van der Waals surface area contributed by atoms with Crippen LogP contribution >= 0.6 is 0 Å². The normalized spacial score (nSPS) is 22.5. The number of hydrogen-bond donors (Lipinski definition) is 3. The molecule has 0 saturated carbocycles. The number of nitrogens with zero attached hydrogens (tertiary/aromatic N) is 1. The lowest BCUT2D eigenvalue weighted by molar-refractivity contribution is -0.128. The second kappa shape index (κ2) is 5.66. The lowest BCUT2D eigenvalue weighted by atomic mass is 10.1. The van der Waals surface area contributed by atoms with Gasteiger partial charge in [-0.15, -0.1) is 0 Å². The molecule has 1 aliphatic rings. The molecule has 1 aromatic heterocycles. The van der Waals surface area contributed by atoms with E-state index in [0.717, 1.165) is 0 Å². The van der Waals surface area contributed by atoms with Gasteiger partial charge in [-0.25, -0.2) is 4.98 Å². The van der Waals surface area contributed by atoms with Crippen LogP contribution in [-0.2, 0) is 4.79 Å². The first-order valence-corrected chi connectivity index (χ1v) is 5.89. The van der Waals surface area contributed by atoms with E-state index in [2.05, 4.69) is 15.6 Å². The summed E-state index contributed by atoms with van der Waals surface area (Å²) in [7, 11) is 1.49. The molecular weight excluding hydrogens is 250 g/mol. The summed E-state index contributed by atoms with van der Waals surface area (Å²) in [6.07, 6.45) is 1.37. The number of amides is 2. The number of carbonyl (C=O) groups excluding carboxylic acids is 2. The van der Waals surface area contributed by atoms with Crippen LogP contribution in [0, 0.1) is 0 Å². The van der Waals surface area contributed by atoms with Gasteiger partial charge in [-0.05, 0) is 18.9 Å². The van der Waals surface area contributed by atoms with E-state index in [9.17, 15) is 14.7 Å². The summed E-state index contributed by atoms with van der Waals surface area (Å²) in [5.74, 6) is -0.352. The fraction of sp³-hybridized carbons (Fsp3) is 0.417. The molecule has 1 aliphatic heterocycles. The van der Waals surface area contributed by atoms with Crippen LogP contribution in [0.4, 0.5) is 0 Å². The number of carbonyl (C=O) groups is 2. The summed E-state index contributed by atoms with van der Waals surface area (Å²) in [5, 5.41) is 14.2. The minimum atomic E-state index is -0.830. The Bertz CT molecular complexity index is 474. The van der Waals surface area contributed by atoms with Crippen LogP contribution in [0.3, 0.4) is 0 Å². The zero-order chi connectivity index (χ0) is 13.8. The van der Waals surface area contributed by atoms with Gasteiger partial charge < -0.3 is 20.5 Å². The molecule has 1 aromatic rings. The third-order valence-corrected chi connectivity index (χ3v) is 2.87. The second-order valence-electron chi connectivity index (χ2n) is 4.22. The van der Waals surface area contributed by atoms with Crippen molar-refractivity contribution in [2.75, 3.05) is 7.11 Å². The number of aliphatic hydroxyl groups is 1. The van der Waals surface area contributed by atoms with E-state index in [1.165, 1.54) is 13.3 Å². The predicted molar refractivity (Wildman–Crippen MR) is 65.4 cm³/mol. The molecule has 2 amide bonds. The smallest absolute Gasteiger partial charge is 0.253 e. The van der Waals surface area contributed by atoms with Crippen LogP contribution in [0.2, 0.25) is 0 Å². The number of aliphatic hydroxyl groups excluding tert-OH is 1. The topological polar surface area (TPSA) is 101 Å². The first-order valence-electron chi connectivity index (χ1n) is 5.89. The highest BCUT2D eigenvalue weighted by Crippen LogP contribution is 2.10. The van der Waals surface area contributed by atoms with E-state index in [-0.39, 0.29) is 11.8 Å². The maximum absolute atomic E-state index is 11.9. The van der Waals surface area contributed by atoms with E-state index in [0.29, 0.717) is 24.3 Å². The summed E-state index contributed by atoms with van der Waals surface area (Å²) >= 11 is 0. The van der Waals surface area contributed by atoms with Crippen molar-refractivity contribution >= 4 is 11.8 Å². The molecule has 0 aliphatic carbocycles. The molecule has 0 spiro atoms. The van der Waals surface area contributed by atoms with Crippen LogP contribution in [0.15, 0.2) is 18.3 Å². The standard InChI is InChI=1S/C12H15N3O4/c1-19-10-5-2-7(6-13-10)11(17)14-8-3-4-9(16)15-12(8)18/h2,5-6,8-9,16H,3-4H2,1H3,(H,14,17)(H,15,18). The van der Waals surface area contributed by atoms with Gasteiger partial charge in [0.25, 0.3) is 5.91 Å². The number of ether oxygens (including phenoxy) is 1. The highest BCUT2D eigenvalue weighted by Gasteiger charge is 2.28. The Morgan fingerprint density at radius 1 is 1.53 bits per heavy atom. The molecule has 0 aromatic carbocycles. The molecule has 2 unspecified atom stereocenters. The summed E-state index contributed by atoms with van der Waals surface area (Å²) in [4.78, 5) is 27.4. The van der Waals surface area contributed by atoms with Gasteiger partial charge in [0.15, 0.2) is 0 Å². The number of aromatic nitrogens is 1. The van der Waals surface area contributed by atoms with Crippen molar-refractivity contribution in [2.24, 2.45) is 0 Å². The molecule has 0 bridgehead atoms. The summed E-state index contributed by atoms with van der Waals surface area (Å²) in [6, 6.07) is 2.51. The maximum atomic E-state index is 11.9. The number of rotatable bonds is 3. The van der Waals surface area contributed by atoms with E-state index < -0.39 is 12.3 Å². The van der Waals surface area contributed by atoms with Crippen molar-refractivity contribution in [1.29, 1.82) is 0 Å². The molecule has 2 rings (SSSR count). The highest BCUT2D eigenvalue weighted by molar-refractivity contribution is 5.97. The second-order valence-corrected chi connectivity index (χ2v) is 4.22. The van der Waals surface area contributed by atoms with Gasteiger partial charge in [0.2, 0.25) is 11.8 Å². The Kier molecular flexibility index (Phi) is 3.96. The molecule has 102 valence electrons. The first-order chi connectivity index (χ1) is 9.10. The molecular formula is C12H15N3O4. The van der Waals surface area contributed by atoms with Crippen LogP contribution in [0.1, 0.15) is 23.2 Å². The average Bonchev–Trinajstić information content (AvgIpc) is 2.42. The van der Waals surface area contributed by atoms with Gasteiger partial charge in [-0.3, -0.25) is 9.59 Å². The molecule has 1 saturated heterocycles. The molecule has 7 nitrogen and oxygen atoms in total. The fourth-order valence-electron chi connectivity index (χ4n) is 1.81. The Labute approximate surface area is 110 Å². The lowest BCUT2D eigenvalue weighted by Crippen LogP contribution is -2.53. The maximum Gasteiger partial charge on any atom is 0.253 e. The summed E-state index contributed by atoms with van der Waals surface area (Å²) in [6.45, 7) is 0. The van der Waals surface area contributed by atoms with Gasteiger partial charge in [-0.1, -0.05) is 0 Å². The van der Waals surface area contributed by atoms with E-state index in [4.69, 9.17) is 4.74 Å². The van der Waals surface area contributed by atoms with Crippen molar-refractivity contribution in [1.82, 2.24) is 15.6 Å². The lowest BCUT2D eigenvalue weighted by Gasteiger charge is -2.26. The van der Waals surface area contributed by atoms with Gasteiger partial charge in [-0.2, -0.15) is 0 Å². The summed E-state index contributed by atoms with van der Waals surface area (Å²) in [5.41, 5.74) is 0.347. The minimum Gasteiger partial charge on any atom is -0.481 e. The molecule has 2 heterocycles. The van der Waals surface area contributed by atoms with E-state index in [1.807, 2.05) is 0 Å². The average molecular weight is 265 g/mol. The van der Waals surface area contributed by atoms with E-state index in [1.54, 1.807) is 12.1 Å². The molecule has 0 radical (unpaired) electrons. The Balaban J connectivity index is 1.98. The first kappa shape index (κ1) is 13.3. The molecule has 1 fully saturated rings. The monoisotopic (exact) mass is 265 g/mol. The number of piperidine rings is 1. The van der Waals surface area contributed by atoms with Crippen LogP contribution in [0.25, 0.3) is 0 Å². The van der Waals surface area contributed by atoms with Gasteiger partial charge in [0, 0.05) is 12.3 Å². The number of methoxy groups -OCH3 is 1. The van der Waals surface area contributed by atoms with E-state index >= 15 is 0 Å². The highest BCUT2D eigenvalue weighted by atomic mass is 16.5. The Hall–Kier alpha value is -2.15. The third-order valence-electron chi connectivity index (χ3n) is 2.87. The van der Waals surface area contributed by atoms with Crippen LogP contribution < -0.4 is 15.4 Å². The quantitative estimate of drug-likeness (QED) is 0.678. The van der Waals surface area contributed by atoms with Crippen LogP contribution in [0.5, 0.6) is 5.88 Å². The molecule has 7 heteroatoms. The summed E-state index contributed by atoms with van der Waals surface area (Å²) < 4.78 is 4.89. The van der Waals surface area contributed by atoms with Gasteiger partial charge in [0.05, 0.1) is 12.7 Å². The Morgan fingerprint density at radius 2 is 2.32 bits per heavy atom. The molecule has 19 heavy (non-hydrogen) atoms. The number of pyridine rings is 1. The zero-order valence-corrected chi connectivity index (χ0v) is 10.4. The van der Waals surface area contributed by atoms with Crippen LogP contribution in [-0.4, -0.2) is 41.3 Å². The number of nitrogens with one attached hydrogen (secondary N) is 2. The van der Waals surface area contributed by atoms with Crippen molar-refractivity contribution < 1.29 is 19.4 Å². The SMILES string of the molecule is COc1ccc(C(=O)NC2CCC(O)NC2=O)cn1. The fourth-order valence-corrected chi connectivity index (χ4v) is 1.81. The third kappa shape index (κ3) is 3.19. The van der Waals surface area contributed by atoms with Gasteiger partial charge >= 0.3 is 0 Å². The molecule has 3 N–H and O–H groups in total. The van der Waals surface area contributed by atoms with Crippen molar-refractivity contribution in [3.8, 4) is 5.88 Å². The minimum absolute atomic E-state index is 0.347. The predicted octanol–water partition coefficient (Wildman–Crippen LogP) is -0.583. The Morgan fingerprint density at radius 3 is 2.89 bits per heavy atom.